The van der Waals surface area contributed by atoms with E-state index in [1.165, 1.54) is 0 Å². The number of methoxy groups -OCH3 is 1. The van der Waals surface area contributed by atoms with Gasteiger partial charge < -0.3 is 14.2 Å². The van der Waals surface area contributed by atoms with Crippen molar-refractivity contribution in [3.05, 3.63) is 54.1 Å². The van der Waals surface area contributed by atoms with Crippen LogP contribution in [0.5, 0.6) is 17.2 Å². The smallest absolute Gasteiger partial charge is 0.343 e. The van der Waals surface area contributed by atoms with E-state index in [2.05, 4.69) is 0 Å². The van der Waals surface area contributed by atoms with E-state index in [9.17, 15) is 9.59 Å². The molecule has 0 saturated heterocycles. The summed E-state index contributed by atoms with van der Waals surface area (Å²) in [5.41, 5.74) is 0.365. The summed E-state index contributed by atoms with van der Waals surface area (Å²) in [6.45, 7) is 0. The lowest BCUT2D eigenvalue weighted by molar-refractivity contribution is -0.134. The van der Waals surface area contributed by atoms with Gasteiger partial charge in [0, 0.05) is 12.3 Å². The Kier molecular flexibility index (Phi) is 7.29. The maximum Gasteiger partial charge on any atom is 0.343 e. The van der Waals surface area contributed by atoms with Crippen LogP contribution < -0.4 is 14.2 Å². The number of rotatable bonds is 8. The summed E-state index contributed by atoms with van der Waals surface area (Å²) in [6, 6.07) is 13.1. The van der Waals surface area contributed by atoms with E-state index in [0.29, 0.717) is 23.6 Å². The van der Waals surface area contributed by atoms with Gasteiger partial charge in [0.05, 0.1) is 12.7 Å². The van der Waals surface area contributed by atoms with Crippen molar-refractivity contribution in [1.82, 2.24) is 0 Å². The lowest BCUT2D eigenvalue weighted by atomic mass is 10.2. The minimum absolute atomic E-state index is 0.189. The van der Waals surface area contributed by atoms with Crippen LogP contribution >= 0.6 is 11.6 Å². The Balaban J connectivity index is 2.03. The molecule has 132 valence electrons. The van der Waals surface area contributed by atoms with Gasteiger partial charge in [0.25, 0.3) is 0 Å². The molecule has 25 heavy (non-hydrogen) atoms. The third-order valence-electron chi connectivity index (χ3n) is 3.37. The second-order valence-corrected chi connectivity index (χ2v) is 5.56. The summed E-state index contributed by atoms with van der Waals surface area (Å²) in [6.07, 6.45) is 1.65. The zero-order chi connectivity index (χ0) is 18.1. The Morgan fingerprint density at radius 2 is 1.56 bits per heavy atom. The van der Waals surface area contributed by atoms with E-state index in [0.717, 1.165) is 6.42 Å². The molecular formula is C19H19ClO5. The minimum atomic E-state index is -0.548. The first-order valence-corrected chi connectivity index (χ1v) is 8.39. The molecule has 0 aliphatic carbocycles. The van der Waals surface area contributed by atoms with Gasteiger partial charge in [0.2, 0.25) is 0 Å². The molecule has 2 rings (SSSR count). The zero-order valence-electron chi connectivity index (χ0n) is 13.9. The van der Waals surface area contributed by atoms with E-state index in [4.69, 9.17) is 25.8 Å². The lowest BCUT2D eigenvalue weighted by Crippen LogP contribution is -2.12. The fraction of sp³-hybridized carbons (Fsp3) is 0.263. The minimum Gasteiger partial charge on any atom is -0.497 e. The maximum atomic E-state index is 12.2. The molecule has 0 spiro atoms. The Morgan fingerprint density at radius 1 is 0.920 bits per heavy atom. The van der Waals surface area contributed by atoms with Gasteiger partial charge in [-0.2, -0.15) is 0 Å². The van der Waals surface area contributed by atoms with Gasteiger partial charge in [-0.05, 0) is 49.2 Å². The molecule has 6 heteroatoms. The second-order valence-electron chi connectivity index (χ2n) is 5.18. The average Bonchev–Trinajstić information content (AvgIpc) is 2.63. The first kappa shape index (κ1) is 18.8. The molecule has 0 aliphatic heterocycles. The average molecular weight is 363 g/mol. The summed E-state index contributed by atoms with van der Waals surface area (Å²) >= 11 is 5.59. The van der Waals surface area contributed by atoms with Crippen LogP contribution in [0.2, 0.25) is 0 Å². The number of benzene rings is 2. The largest absolute Gasteiger partial charge is 0.497 e. The predicted molar refractivity (Wildman–Crippen MR) is 94.6 cm³/mol. The molecule has 0 saturated carbocycles. The normalized spacial score (nSPS) is 10.2. The van der Waals surface area contributed by atoms with Gasteiger partial charge >= 0.3 is 11.9 Å². The molecule has 2 aromatic rings. The van der Waals surface area contributed by atoms with Crippen LogP contribution in [-0.4, -0.2) is 24.9 Å². The van der Waals surface area contributed by atoms with Crippen LogP contribution in [0.25, 0.3) is 0 Å². The number of hydrogen-bond acceptors (Lipinski definition) is 5. The van der Waals surface area contributed by atoms with Crippen LogP contribution in [0.3, 0.4) is 0 Å². The summed E-state index contributed by atoms with van der Waals surface area (Å²) in [5.74, 6) is 0.604. The first-order valence-electron chi connectivity index (χ1n) is 7.86. The van der Waals surface area contributed by atoms with Crippen molar-refractivity contribution in [3.63, 3.8) is 0 Å². The van der Waals surface area contributed by atoms with Crippen molar-refractivity contribution in [2.45, 2.75) is 19.3 Å². The molecule has 0 aliphatic rings. The predicted octanol–water partition coefficient (Wildman–Crippen LogP) is 4.23. The van der Waals surface area contributed by atoms with Crippen LogP contribution in [0.15, 0.2) is 48.5 Å². The molecular weight excluding hydrogens is 344 g/mol. The monoisotopic (exact) mass is 362 g/mol. The summed E-state index contributed by atoms with van der Waals surface area (Å²) in [4.78, 5) is 24.1. The number of carbonyl (C=O) groups excluding carboxylic acids is 2. The fourth-order valence-corrected chi connectivity index (χ4v) is 2.23. The van der Waals surface area contributed by atoms with Gasteiger partial charge in [0.15, 0.2) is 11.5 Å². The maximum absolute atomic E-state index is 12.2. The highest BCUT2D eigenvalue weighted by atomic mass is 35.5. The van der Waals surface area contributed by atoms with Crippen LogP contribution in [-0.2, 0) is 4.79 Å². The number of ether oxygens (including phenoxy) is 3. The standard InChI is InChI=1S/C19H19ClO5/c1-23-15-11-9-14(10-12-15)19(22)25-17-7-3-2-6-16(17)24-18(21)8-4-5-13-20/h2-3,6-7,9-12H,4-5,8,13H2,1H3. The molecule has 0 atom stereocenters. The third kappa shape index (κ3) is 5.80. The number of alkyl halides is 1. The van der Waals surface area contributed by atoms with Crippen molar-refractivity contribution in [2.75, 3.05) is 13.0 Å². The molecule has 0 unspecified atom stereocenters. The van der Waals surface area contributed by atoms with Gasteiger partial charge in [-0.25, -0.2) is 4.79 Å². The topological polar surface area (TPSA) is 61.8 Å². The van der Waals surface area contributed by atoms with Gasteiger partial charge in [-0.15, -0.1) is 11.6 Å². The highest BCUT2D eigenvalue weighted by molar-refractivity contribution is 6.17. The fourth-order valence-electron chi connectivity index (χ4n) is 2.04. The molecule has 0 fully saturated rings. The Labute approximate surface area is 151 Å². The molecule has 0 heterocycles. The van der Waals surface area contributed by atoms with Crippen molar-refractivity contribution in [2.24, 2.45) is 0 Å². The van der Waals surface area contributed by atoms with Gasteiger partial charge in [-0.3, -0.25) is 4.79 Å². The Hall–Kier alpha value is -2.53. The van der Waals surface area contributed by atoms with Crippen molar-refractivity contribution >= 4 is 23.5 Å². The first-order chi connectivity index (χ1) is 12.1. The van der Waals surface area contributed by atoms with Crippen LogP contribution in [0.4, 0.5) is 0 Å². The number of unbranched alkanes of at least 4 members (excludes halogenated alkanes) is 1. The summed E-state index contributed by atoms with van der Waals surface area (Å²) in [7, 11) is 1.55. The number of halogens is 1. The van der Waals surface area contributed by atoms with E-state index >= 15 is 0 Å². The summed E-state index contributed by atoms with van der Waals surface area (Å²) in [5, 5.41) is 0. The third-order valence-corrected chi connectivity index (χ3v) is 3.63. The zero-order valence-corrected chi connectivity index (χ0v) is 14.6. The number of hydrogen-bond donors (Lipinski definition) is 0. The van der Waals surface area contributed by atoms with Crippen molar-refractivity contribution in [3.8, 4) is 17.2 Å². The quantitative estimate of drug-likeness (QED) is 0.304. The molecule has 0 N–H and O–H groups in total. The van der Waals surface area contributed by atoms with E-state index < -0.39 is 11.9 Å². The van der Waals surface area contributed by atoms with Gasteiger partial charge in [-0.1, -0.05) is 12.1 Å². The van der Waals surface area contributed by atoms with E-state index in [1.807, 2.05) is 0 Å². The van der Waals surface area contributed by atoms with Crippen molar-refractivity contribution < 1.29 is 23.8 Å². The SMILES string of the molecule is COc1ccc(C(=O)Oc2ccccc2OC(=O)CCCCCl)cc1. The summed E-state index contributed by atoms with van der Waals surface area (Å²) < 4.78 is 15.7. The Bertz CT molecular complexity index is 712. The lowest BCUT2D eigenvalue weighted by Gasteiger charge is -2.10. The number of para-hydroxylation sites is 2. The number of esters is 2. The molecule has 0 aromatic heterocycles. The van der Waals surface area contributed by atoms with E-state index in [1.54, 1.807) is 55.6 Å². The van der Waals surface area contributed by atoms with Gasteiger partial charge in [0.1, 0.15) is 5.75 Å². The number of carbonyl (C=O) groups is 2. The highest BCUT2D eigenvalue weighted by Crippen LogP contribution is 2.28. The second kappa shape index (κ2) is 9.69. The molecule has 0 radical (unpaired) electrons. The molecule has 0 bridgehead atoms. The van der Waals surface area contributed by atoms with Crippen LogP contribution in [0.1, 0.15) is 29.6 Å². The van der Waals surface area contributed by atoms with E-state index in [-0.39, 0.29) is 17.9 Å². The van der Waals surface area contributed by atoms with Crippen molar-refractivity contribution in [1.29, 1.82) is 0 Å². The highest BCUT2D eigenvalue weighted by Gasteiger charge is 2.14. The molecule has 2 aromatic carbocycles. The molecule has 5 nitrogen and oxygen atoms in total. The van der Waals surface area contributed by atoms with Crippen LogP contribution in [0, 0.1) is 0 Å². The molecule has 0 amide bonds. The Morgan fingerprint density at radius 3 is 2.16 bits per heavy atom.